The van der Waals surface area contributed by atoms with Crippen LogP contribution in [0, 0.1) is 6.92 Å². The van der Waals surface area contributed by atoms with Gasteiger partial charge in [0.25, 0.3) is 0 Å². The van der Waals surface area contributed by atoms with E-state index in [4.69, 9.17) is 9.26 Å². The maximum atomic E-state index is 11.8. The van der Waals surface area contributed by atoms with Gasteiger partial charge >= 0.3 is 5.76 Å². The van der Waals surface area contributed by atoms with Crippen LogP contribution in [0.3, 0.4) is 0 Å². The van der Waals surface area contributed by atoms with Crippen molar-refractivity contribution in [3.8, 4) is 17.3 Å². The number of benzene rings is 1. The molecule has 2 aromatic heterocycles. The zero-order valence-corrected chi connectivity index (χ0v) is 12.7. The van der Waals surface area contributed by atoms with Gasteiger partial charge in [0.15, 0.2) is 0 Å². The van der Waals surface area contributed by atoms with Crippen molar-refractivity contribution in [2.75, 3.05) is 6.61 Å². The Hall–Kier alpha value is -2.96. The molecule has 0 aliphatic heterocycles. The molecule has 0 saturated heterocycles. The third kappa shape index (κ3) is 3.45. The van der Waals surface area contributed by atoms with Crippen LogP contribution < -0.4 is 10.5 Å². The van der Waals surface area contributed by atoms with Crippen molar-refractivity contribution >= 4 is 0 Å². The molecule has 7 heteroatoms. The molecule has 0 N–H and O–H groups in total. The Labute approximate surface area is 132 Å². The number of rotatable bonds is 6. The summed E-state index contributed by atoms with van der Waals surface area (Å²) in [6.07, 6.45) is 5.28. The van der Waals surface area contributed by atoms with Gasteiger partial charge < -0.3 is 4.74 Å². The summed E-state index contributed by atoms with van der Waals surface area (Å²) in [4.78, 5) is 19.9. The van der Waals surface area contributed by atoms with E-state index < -0.39 is 5.76 Å². The van der Waals surface area contributed by atoms with E-state index in [1.165, 1.54) is 10.8 Å². The molecule has 0 saturated carbocycles. The first-order chi connectivity index (χ1) is 11.3. The first-order valence-electron chi connectivity index (χ1n) is 7.27. The smallest absolute Gasteiger partial charge is 0.441 e. The van der Waals surface area contributed by atoms with E-state index in [0.29, 0.717) is 31.1 Å². The highest BCUT2D eigenvalue weighted by molar-refractivity contribution is 5.46. The van der Waals surface area contributed by atoms with E-state index in [9.17, 15) is 4.79 Å². The lowest BCUT2D eigenvalue weighted by Crippen LogP contribution is -2.17. The van der Waals surface area contributed by atoms with Gasteiger partial charge in [0, 0.05) is 18.9 Å². The summed E-state index contributed by atoms with van der Waals surface area (Å²) < 4.78 is 11.9. The van der Waals surface area contributed by atoms with Crippen molar-refractivity contribution in [3.63, 3.8) is 0 Å². The highest BCUT2D eigenvalue weighted by Gasteiger charge is 2.13. The van der Waals surface area contributed by atoms with E-state index in [-0.39, 0.29) is 0 Å². The van der Waals surface area contributed by atoms with E-state index >= 15 is 0 Å². The Morgan fingerprint density at radius 1 is 1.26 bits per heavy atom. The van der Waals surface area contributed by atoms with Crippen molar-refractivity contribution in [2.24, 2.45) is 0 Å². The van der Waals surface area contributed by atoms with Crippen LogP contribution in [0.15, 0.2) is 52.2 Å². The highest BCUT2D eigenvalue weighted by atomic mass is 16.5. The fourth-order valence-electron chi connectivity index (χ4n) is 2.19. The minimum Gasteiger partial charge on any atom is -0.493 e. The molecule has 0 aliphatic carbocycles. The molecule has 3 aromatic rings. The Balaban J connectivity index is 1.64. The van der Waals surface area contributed by atoms with Crippen LogP contribution in [0.1, 0.15) is 12.0 Å². The van der Waals surface area contributed by atoms with Crippen LogP contribution in [0.4, 0.5) is 0 Å². The lowest BCUT2D eigenvalue weighted by atomic mass is 10.2. The van der Waals surface area contributed by atoms with Gasteiger partial charge in [-0.25, -0.2) is 9.78 Å². The first-order valence-corrected chi connectivity index (χ1v) is 7.27. The van der Waals surface area contributed by atoms with E-state index in [1.54, 1.807) is 12.4 Å². The summed E-state index contributed by atoms with van der Waals surface area (Å²) in [5.74, 6) is 0.708. The molecule has 2 heterocycles. The van der Waals surface area contributed by atoms with Crippen molar-refractivity contribution in [2.45, 2.75) is 19.9 Å². The summed E-state index contributed by atoms with van der Waals surface area (Å²) in [7, 11) is 0. The number of hydrogen-bond acceptors (Lipinski definition) is 6. The second-order valence-electron chi connectivity index (χ2n) is 4.98. The molecule has 23 heavy (non-hydrogen) atoms. The summed E-state index contributed by atoms with van der Waals surface area (Å²) in [6, 6.07) is 7.81. The standard InChI is InChI=1S/C16H16N4O3/c1-12-5-2-3-6-14(12)22-10-4-9-20-15(19-23-16(20)21)13-11-17-7-8-18-13/h2-3,5-8,11H,4,9-10H2,1H3. The molecule has 7 nitrogen and oxygen atoms in total. The minimum absolute atomic E-state index is 0.374. The van der Waals surface area contributed by atoms with Crippen molar-refractivity contribution in [1.29, 1.82) is 0 Å². The predicted octanol–water partition coefficient (Wildman–Crippen LogP) is 2.07. The second-order valence-corrected chi connectivity index (χ2v) is 4.98. The van der Waals surface area contributed by atoms with Gasteiger partial charge in [-0.3, -0.25) is 14.1 Å². The summed E-state index contributed by atoms with van der Waals surface area (Å²) in [6.45, 7) is 2.91. The van der Waals surface area contributed by atoms with Crippen LogP contribution in [0.25, 0.3) is 11.5 Å². The number of aromatic nitrogens is 4. The number of ether oxygens (including phenoxy) is 1. The molecule has 0 radical (unpaired) electrons. The summed E-state index contributed by atoms with van der Waals surface area (Å²) in [5.41, 5.74) is 1.58. The number of hydrogen-bond donors (Lipinski definition) is 0. The van der Waals surface area contributed by atoms with Gasteiger partial charge in [-0.15, -0.1) is 0 Å². The molecular weight excluding hydrogens is 296 g/mol. The van der Waals surface area contributed by atoms with E-state index in [1.807, 2.05) is 31.2 Å². The van der Waals surface area contributed by atoms with Gasteiger partial charge in [0.1, 0.15) is 11.4 Å². The maximum absolute atomic E-state index is 11.8. The fraction of sp³-hybridized carbons (Fsp3) is 0.250. The molecule has 0 atom stereocenters. The largest absolute Gasteiger partial charge is 0.493 e. The van der Waals surface area contributed by atoms with Gasteiger partial charge in [-0.1, -0.05) is 23.4 Å². The van der Waals surface area contributed by atoms with Crippen molar-refractivity contribution in [1.82, 2.24) is 19.7 Å². The van der Waals surface area contributed by atoms with Crippen LogP contribution >= 0.6 is 0 Å². The van der Waals surface area contributed by atoms with Crippen LogP contribution in [0.2, 0.25) is 0 Å². The number of para-hydroxylation sites is 1. The predicted molar refractivity (Wildman–Crippen MR) is 83.1 cm³/mol. The third-order valence-corrected chi connectivity index (χ3v) is 3.36. The van der Waals surface area contributed by atoms with Gasteiger partial charge in [0.2, 0.25) is 5.82 Å². The zero-order valence-electron chi connectivity index (χ0n) is 12.7. The van der Waals surface area contributed by atoms with E-state index in [0.717, 1.165) is 11.3 Å². The summed E-state index contributed by atoms with van der Waals surface area (Å²) >= 11 is 0. The Morgan fingerprint density at radius 2 is 2.13 bits per heavy atom. The summed E-state index contributed by atoms with van der Waals surface area (Å²) in [5, 5.41) is 3.77. The highest BCUT2D eigenvalue weighted by Crippen LogP contribution is 2.16. The molecule has 0 unspecified atom stereocenters. The van der Waals surface area contributed by atoms with Crippen molar-refractivity contribution < 1.29 is 9.26 Å². The van der Waals surface area contributed by atoms with Crippen LogP contribution in [0.5, 0.6) is 5.75 Å². The average Bonchev–Trinajstić information content (AvgIpc) is 2.95. The van der Waals surface area contributed by atoms with Crippen LogP contribution in [-0.4, -0.2) is 26.3 Å². The molecule has 0 fully saturated rings. The van der Waals surface area contributed by atoms with E-state index in [2.05, 4.69) is 15.1 Å². The van der Waals surface area contributed by atoms with Crippen molar-refractivity contribution in [3.05, 3.63) is 59.0 Å². The maximum Gasteiger partial charge on any atom is 0.441 e. The third-order valence-electron chi connectivity index (χ3n) is 3.36. The Morgan fingerprint density at radius 3 is 2.91 bits per heavy atom. The lowest BCUT2D eigenvalue weighted by Gasteiger charge is -2.09. The molecule has 0 bridgehead atoms. The normalized spacial score (nSPS) is 10.7. The number of aryl methyl sites for hydroxylation is 1. The number of nitrogens with zero attached hydrogens (tertiary/aromatic N) is 4. The second kappa shape index (κ2) is 6.87. The van der Waals surface area contributed by atoms with Gasteiger partial charge in [-0.05, 0) is 25.0 Å². The molecule has 0 spiro atoms. The Kier molecular flexibility index (Phi) is 4.46. The average molecular weight is 312 g/mol. The van der Waals surface area contributed by atoms with Crippen LogP contribution in [-0.2, 0) is 6.54 Å². The molecule has 3 rings (SSSR count). The molecule has 0 amide bonds. The Bertz CT molecular complexity index is 827. The quantitative estimate of drug-likeness (QED) is 0.648. The molecule has 118 valence electrons. The fourth-order valence-corrected chi connectivity index (χ4v) is 2.19. The first kappa shape index (κ1) is 15.0. The SMILES string of the molecule is Cc1ccccc1OCCCn1c(-c2cnccn2)noc1=O. The lowest BCUT2D eigenvalue weighted by molar-refractivity contribution is 0.296. The monoisotopic (exact) mass is 312 g/mol. The molecular formula is C16H16N4O3. The minimum atomic E-state index is -0.512. The zero-order chi connectivity index (χ0) is 16.1. The van der Waals surface area contributed by atoms with Gasteiger partial charge in [0.05, 0.1) is 12.8 Å². The molecule has 0 aliphatic rings. The van der Waals surface area contributed by atoms with Gasteiger partial charge in [-0.2, -0.15) is 0 Å². The topological polar surface area (TPSA) is 83.0 Å². The molecule has 1 aromatic carbocycles.